The molecular formula is C13H10ClFN2O3S. The van der Waals surface area contributed by atoms with E-state index in [0.717, 1.165) is 12.1 Å². The molecule has 0 bridgehead atoms. The number of rotatable bonds is 4. The van der Waals surface area contributed by atoms with E-state index in [0.29, 0.717) is 16.1 Å². The largest absolute Gasteiger partial charge is 0.398 e. The van der Waals surface area contributed by atoms with Crippen molar-refractivity contribution in [2.24, 2.45) is 0 Å². The third-order valence-electron chi connectivity index (χ3n) is 2.74. The molecule has 5 nitrogen and oxygen atoms in total. The van der Waals surface area contributed by atoms with Gasteiger partial charge in [0.15, 0.2) is 0 Å². The zero-order valence-electron chi connectivity index (χ0n) is 10.6. The van der Waals surface area contributed by atoms with Crippen LogP contribution in [0.4, 0.5) is 15.8 Å². The lowest BCUT2D eigenvalue weighted by Crippen LogP contribution is -1.99. The minimum atomic E-state index is -1.46. The van der Waals surface area contributed by atoms with Crippen LogP contribution in [0.5, 0.6) is 0 Å². The van der Waals surface area contributed by atoms with Crippen LogP contribution in [0.25, 0.3) is 0 Å². The first-order valence-corrected chi connectivity index (χ1v) is 7.44. The predicted molar refractivity (Wildman–Crippen MR) is 79.0 cm³/mol. The third kappa shape index (κ3) is 3.56. The van der Waals surface area contributed by atoms with Crippen molar-refractivity contribution in [3.05, 3.63) is 62.9 Å². The molecule has 0 aliphatic carbocycles. The number of halogens is 2. The first kappa shape index (κ1) is 15.4. The summed E-state index contributed by atoms with van der Waals surface area (Å²) in [5, 5.41) is 10.8. The van der Waals surface area contributed by atoms with Gasteiger partial charge in [-0.25, -0.2) is 0 Å². The Morgan fingerprint density at radius 2 is 2.00 bits per heavy atom. The number of hydrogen-bond donors (Lipinski definition) is 1. The molecule has 8 heteroatoms. The molecule has 0 fully saturated rings. The van der Waals surface area contributed by atoms with Gasteiger partial charge in [0.25, 0.3) is 0 Å². The van der Waals surface area contributed by atoms with E-state index in [1.807, 2.05) is 0 Å². The summed E-state index contributed by atoms with van der Waals surface area (Å²) in [6, 6.07) is 8.02. The smallest absolute Gasteiger partial charge is 0.304 e. The zero-order valence-corrected chi connectivity index (χ0v) is 12.2. The normalized spacial score (nSPS) is 12.1. The Kier molecular flexibility index (Phi) is 4.54. The number of nitro groups is 1. The lowest BCUT2D eigenvalue weighted by molar-refractivity contribution is -0.387. The summed E-state index contributed by atoms with van der Waals surface area (Å²) in [5.74, 6) is -0.931. The summed E-state index contributed by atoms with van der Waals surface area (Å²) in [6.07, 6.45) is 0. The highest BCUT2D eigenvalue weighted by molar-refractivity contribution is 7.84. The van der Waals surface area contributed by atoms with Crippen molar-refractivity contribution >= 4 is 33.8 Å². The Hall–Kier alpha value is -1.99. The van der Waals surface area contributed by atoms with Gasteiger partial charge in [-0.2, -0.15) is 4.39 Å². The number of hydrogen-bond acceptors (Lipinski definition) is 4. The highest BCUT2D eigenvalue weighted by atomic mass is 35.5. The number of nitrogens with zero attached hydrogens (tertiary/aromatic N) is 1. The van der Waals surface area contributed by atoms with Crippen LogP contribution in [-0.4, -0.2) is 9.13 Å². The summed E-state index contributed by atoms with van der Waals surface area (Å²) in [4.78, 5) is 10.2. The van der Waals surface area contributed by atoms with Gasteiger partial charge in [-0.1, -0.05) is 17.7 Å². The van der Waals surface area contributed by atoms with Gasteiger partial charge in [-0.15, -0.1) is 0 Å². The Morgan fingerprint density at radius 3 is 2.57 bits per heavy atom. The standard InChI is InChI=1S/C13H10ClFN2O3S/c14-10-6-9(2-3-12(10)16)21(20)7-8-1-4-13(17(18)19)11(15)5-8/h1-6H,7,16H2. The molecule has 0 saturated carbocycles. The number of nitrogen functional groups attached to an aromatic ring is 1. The molecule has 2 aromatic carbocycles. The zero-order chi connectivity index (χ0) is 15.6. The van der Waals surface area contributed by atoms with Crippen LogP contribution in [0, 0.1) is 15.9 Å². The van der Waals surface area contributed by atoms with E-state index in [4.69, 9.17) is 17.3 Å². The quantitative estimate of drug-likeness (QED) is 0.530. The van der Waals surface area contributed by atoms with Crippen LogP contribution >= 0.6 is 11.6 Å². The molecule has 2 N–H and O–H groups in total. The monoisotopic (exact) mass is 328 g/mol. The molecular weight excluding hydrogens is 319 g/mol. The van der Waals surface area contributed by atoms with Crippen molar-refractivity contribution in [2.75, 3.05) is 5.73 Å². The maximum absolute atomic E-state index is 13.5. The molecule has 0 aliphatic rings. The highest BCUT2D eigenvalue weighted by Crippen LogP contribution is 2.24. The fourth-order valence-electron chi connectivity index (χ4n) is 1.67. The van der Waals surface area contributed by atoms with E-state index in [-0.39, 0.29) is 10.8 Å². The van der Waals surface area contributed by atoms with Gasteiger partial charge in [0.2, 0.25) is 5.82 Å². The summed E-state index contributed by atoms with van der Waals surface area (Å²) in [6.45, 7) is 0. The topological polar surface area (TPSA) is 86.2 Å². The first-order valence-electron chi connectivity index (χ1n) is 5.74. The van der Waals surface area contributed by atoms with Crippen LogP contribution in [0.2, 0.25) is 5.02 Å². The number of nitro benzene ring substituents is 1. The van der Waals surface area contributed by atoms with Crippen molar-refractivity contribution in [3.8, 4) is 0 Å². The van der Waals surface area contributed by atoms with Crippen LogP contribution in [0.3, 0.4) is 0 Å². The summed E-state index contributed by atoms with van der Waals surface area (Å²) in [7, 11) is -1.46. The van der Waals surface area contributed by atoms with Gasteiger partial charge in [-0.05, 0) is 29.8 Å². The summed E-state index contributed by atoms with van der Waals surface area (Å²) >= 11 is 5.85. The Morgan fingerprint density at radius 1 is 1.29 bits per heavy atom. The van der Waals surface area contributed by atoms with Crippen molar-refractivity contribution in [1.29, 1.82) is 0 Å². The third-order valence-corrected chi connectivity index (χ3v) is 4.44. The molecule has 1 atom stereocenters. The van der Waals surface area contributed by atoms with E-state index in [2.05, 4.69) is 0 Å². The second kappa shape index (κ2) is 6.19. The molecule has 0 aromatic heterocycles. The van der Waals surface area contributed by atoms with E-state index >= 15 is 0 Å². The van der Waals surface area contributed by atoms with Crippen LogP contribution in [0.15, 0.2) is 41.3 Å². The molecule has 0 radical (unpaired) electrons. The predicted octanol–water partition coefficient (Wildman–Crippen LogP) is 3.28. The molecule has 110 valence electrons. The van der Waals surface area contributed by atoms with Gasteiger partial charge >= 0.3 is 5.69 Å². The minimum absolute atomic E-state index is 0.0230. The van der Waals surface area contributed by atoms with Gasteiger partial charge in [-0.3, -0.25) is 14.3 Å². The molecule has 0 saturated heterocycles. The summed E-state index contributed by atoms with van der Waals surface area (Å²) < 4.78 is 25.7. The van der Waals surface area contributed by atoms with E-state index in [9.17, 15) is 18.7 Å². The molecule has 0 aliphatic heterocycles. The Balaban J connectivity index is 2.21. The molecule has 2 aromatic rings. The average Bonchev–Trinajstić information content (AvgIpc) is 2.41. The summed E-state index contributed by atoms with van der Waals surface area (Å²) in [5.41, 5.74) is 5.72. The molecule has 0 spiro atoms. The molecule has 0 heterocycles. The molecule has 0 amide bonds. The van der Waals surface area contributed by atoms with E-state index < -0.39 is 27.2 Å². The van der Waals surface area contributed by atoms with Crippen LogP contribution < -0.4 is 5.73 Å². The lowest BCUT2D eigenvalue weighted by Gasteiger charge is -2.05. The Bertz CT molecular complexity index is 739. The minimum Gasteiger partial charge on any atom is -0.398 e. The van der Waals surface area contributed by atoms with Gasteiger partial charge in [0.05, 0.1) is 32.2 Å². The molecule has 1 unspecified atom stereocenters. The van der Waals surface area contributed by atoms with Gasteiger partial charge in [0.1, 0.15) is 0 Å². The maximum atomic E-state index is 13.5. The van der Waals surface area contributed by atoms with Crippen molar-refractivity contribution < 1.29 is 13.5 Å². The van der Waals surface area contributed by atoms with Gasteiger partial charge in [0, 0.05) is 11.0 Å². The van der Waals surface area contributed by atoms with Crippen molar-refractivity contribution in [3.63, 3.8) is 0 Å². The number of nitrogens with two attached hydrogens (primary N) is 1. The average molecular weight is 329 g/mol. The fraction of sp³-hybridized carbons (Fsp3) is 0.0769. The van der Waals surface area contributed by atoms with Crippen molar-refractivity contribution in [2.45, 2.75) is 10.6 Å². The van der Waals surface area contributed by atoms with Crippen LogP contribution in [0.1, 0.15) is 5.56 Å². The first-order chi connectivity index (χ1) is 9.88. The second-order valence-electron chi connectivity index (χ2n) is 4.22. The van der Waals surface area contributed by atoms with Gasteiger partial charge < -0.3 is 5.73 Å². The molecule has 2 rings (SSSR count). The van der Waals surface area contributed by atoms with Crippen LogP contribution in [-0.2, 0) is 16.6 Å². The Labute approximate surface area is 127 Å². The lowest BCUT2D eigenvalue weighted by atomic mass is 10.2. The molecule has 21 heavy (non-hydrogen) atoms. The number of benzene rings is 2. The van der Waals surface area contributed by atoms with Crippen molar-refractivity contribution in [1.82, 2.24) is 0 Å². The van der Waals surface area contributed by atoms with E-state index in [1.54, 1.807) is 6.07 Å². The van der Waals surface area contributed by atoms with E-state index in [1.165, 1.54) is 18.2 Å². The maximum Gasteiger partial charge on any atom is 0.304 e. The second-order valence-corrected chi connectivity index (χ2v) is 6.07. The number of anilines is 1. The highest BCUT2D eigenvalue weighted by Gasteiger charge is 2.15. The SMILES string of the molecule is Nc1ccc(S(=O)Cc2ccc([N+](=O)[O-])c(F)c2)cc1Cl. The fourth-order valence-corrected chi connectivity index (χ4v) is 3.04.